The highest BCUT2D eigenvalue weighted by Gasteiger charge is 2.18. The smallest absolute Gasteiger partial charge is 0.354 e. The summed E-state index contributed by atoms with van der Waals surface area (Å²) in [6.07, 6.45) is 4.39. The number of rotatable bonds is 4. The van der Waals surface area contributed by atoms with Crippen molar-refractivity contribution in [2.45, 2.75) is 19.3 Å². The Balaban J connectivity index is 1.70. The molecule has 1 aromatic heterocycles. The Kier molecular flexibility index (Phi) is 5.26. The van der Waals surface area contributed by atoms with E-state index in [4.69, 9.17) is 5.11 Å². The molecule has 1 aliphatic heterocycles. The summed E-state index contributed by atoms with van der Waals surface area (Å²) in [5.41, 5.74) is 1.14. The van der Waals surface area contributed by atoms with Crippen LogP contribution in [-0.2, 0) is 0 Å². The second-order valence-corrected chi connectivity index (χ2v) is 6.13. The predicted molar refractivity (Wildman–Crippen MR) is 95.3 cm³/mol. The number of aromatic nitrogens is 1. The van der Waals surface area contributed by atoms with Crippen LogP contribution >= 0.6 is 0 Å². The average Bonchev–Trinajstić information content (AvgIpc) is 2.68. The van der Waals surface area contributed by atoms with Gasteiger partial charge in [0.25, 0.3) is 11.8 Å². The van der Waals surface area contributed by atoms with E-state index in [0.717, 1.165) is 32.4 Å². The zero-order valence-corrected chi connectivity index (χ0v) is 14.1. The molecule has 1 saturated heterocycles. The van der Waals surface area contributed by atoms with Crippen molar-refractivity contribution in [3.8, 4) is 0 Å². The van der Waals surface area contributed by atoms with E-state index in [1.807, 2.05) is 4.90 Å². The maximum atomic E-state index is 12.6. The van der Waals surface area contributed by atoms with Crippen LogP contribution in [-0.4, -0.2) is 45.9 Å². The van der Waals surface area contributed by atoms with Crippen molar-refractivity contribution >= 4 is 23.5 Å². The second kappa shape index (κ2) is 7.77. The zero-order valence-electron chi connectivity index (χ0n) is 14.1. The lowest BCUT2D eigenvalue weighted by Gasteiger charge is -2.26. The average molecular weight is 353 g/mol. The van der Waals surface area contributed by atoms with Crippen molar-refractivity contribution in [2.75, 3.05) is 18.4 Å². The summed E-state index contributed by atoms with van der Waals surface area (Å²) in [6.45, 7) is 1.52. The lowest BCUT2D eigenvalue weighted by Crippen LogP contribution is -2.35. The fraction of sp³-hybridized carbons (Fsp3) is 0.263. The fourth-order valence-electron chi connectivity index (χ4n) is 2.87. The first-order valence-electron chi connectivity index (χ1n) is 8.44. The third-order valence-corrected chi connectivity index (χ3v) is 4.26. The molecule has 2 N–H and O–H groups in total. The van der Waals surface area contributed by atoms with E-state index < -0.39 is 11.9 Å². The van der Waals surface area contributed by atoms with Crippen molar-refractivity contribution < 1.29 is 19.5 Å². The van der Waals surface area contributed by atoms with Gasteiger partial charge in [-0.3, -0.25) is 9.59 Å². The highest BCUT2D eigenvalue weighted by Crippen LogP contribution is 2.17. The van der Waals surface area contributed by atoms with E-state index in [-0.39, 0.29) is 17.2 Å². The van der Waals surface area contributed by atoms with Gasteiger partial charge in [-0.25, -0.2) is 9.78 Å². The van der Waals surface area contributed by atoms with Crippen molar-refractivity contribution in [1.82, 2.24) is 9.88 Å². The SMILES string of the molecule is O=C(Nc1cccc(C(=O)N2CCCCC2)c1)c1ccc(C(=O)O)nc1. The number of carbonyl (C=O) groups excluding carboxylic acids is 2. The number of hydrogen-bond donors (Lipinski definition) is 2. The van der Waals surface area contributed by atoms with Gasteiger partial charge in [-0.2, -0.15) is 0 Å². The highest BCUT2D eigenvalue weighted by molar-refractivity contribution is 6.05. The van der Waals surface area contributed by atoms with E-state index in [1.54, 1.807) is 24.3 Å². The van der Waals surface area contributed by atoms with Crippen molar-refractivity contribution in [3.63, 3.8) is 0 Å². The molecule has 2 aromatic rings. The molecule has 1 aromatic carbocycles. The van der Waals surface area contributed by atoms with Crippen LogP contribution in [0.5, 0.6) is 0 Å². The Hall–Kier alpha value is -3.22. The first kappa shape index (κ1) is 17.6. The normalized spacial score (nSPS) is 13.9. The summed E-state index contributed by atoms with van der Waals surface area (Å²) in [6, 6.07) is 9.47. The summed E-state index contributed by atoms with van der Waals surface area (Å²) in [7, 11) is 0. The largest absolute Gasteiger partial charge is 0.477 e. The van der Waals surface area contributed by atoms with Crippen LogP contribution in [0.1, 0.15) is 50.5 Å². The first-order chi connectivity index (χ1) is 12.5. The molecule has 2 amide bonds. The van der Waals surface area contributed by atoms with Gasteiger partial charge in [0.05, 0.1) is 5.56 Å². The minimum Gasteiger partial charge on any atom is -0.477 e. The van der Waals surface area contributed by atoms with Crippen molar-refractivity contribution in [2.24, 2.45) is 0 Å². The Morgan fingerprint density at radius 1 is 1.00 bits per heavy atom. The molecule has 0 aliphatic carbocycles. The van der Waals surface area contributed by atoms with Gasteiger partial charge in [0.2, 0.25) is 0 Å². The molecule has 0 saturated carbocycles. The van der Waals surface area contributed by atoms with Crippen LogP contribution in [0, 0.1) is 0 Å². The number of likely N-dealkylation sites (tertiary alicyclic amines) is 1. The molecule has 3 rings (SSSR count). The number of pyridine rings is 1. The molecule has 0 radical (unpaired) electrons. The molecule has 0 spiro atoms. The van der Waals surface area contributed by atoms with E-state index in [9.17, 15) is 14.4 Å². The molecule has 7 nitrogen and oxygen atoms in total. The standard InChI is InChI=1S/C19H19N3O4/c23-17(14-7-8-16(19(25)26)20-12-14)21-15-6-4-5-13(11-15)18(24)22-9-2-1-3-10-22/h4-8,11-12H,1-3,9-10H2,(H,21,23)(H,25,26). The number of hydrogen-bond acceptors (Lipinski definition) is 4. The molecule has 0 bridgehead atoms. The summed E-state index contributed by atoms with van der Waals surface area (Å²) in [4.78, 5) is 41.2. The number of nitrogens with zero attached hydrogens (tertiary/aromatic N) is 2. The quantitative estimate of drug-likeness (QED) is 0.880. The highest BCUT2D eigenvalue weighted by atomic mass is 16.4. The number of aromatic carboxylic acids is 1. The van der Waals surface area contributed by atoms with Crippen molar-refractivity contribution in [1.29, 1.82) is 0 Å². The van der Waals surface area contributed by atoms with Crippen LogP contribution < -0.4 is 5.32 Å². The third kappa shape index (κ3) is 4.05. The van der Waals surface area contributed by atoms with Gasteiger partial charge in [-0.1, -0.05) is 6.07 Å². The Bertz CT molecular complexity index is 827. The van der Waals surface area contributed by atoms with Crippen molar-refractivity contribution in [3.05, 3.63) is 59.4 Å². The molecule has 1 fully saturated rings. The van der Waals surface area contributed by atoms with Gasteiger partial charge < -0.3 is 15.3 Å². The molecular weight excluding hydrogens is 334 g/mol. The van der Waals surface area contributed by atoms with E-state index in [0.29, 0.717) is 11.3 Å². The number of benzene rings is 1. The van der Waals surface area contributed by atoms with Crippen LogP contribution in [0.2, 0.25) is 0 Å². The number of carboxylic acids is 1. The fourth-order valence-corrected chi connectivity index (χ4v) is 2.87. The van der Waals surface area contributed by atoms with E-state index in [2.05, 4.69) is 10.3 Å². The molecule has 2 heterocycles. The maximum Gasteiger partial charge on any atom is 0.354 e. The Morgan fingerprint density at radius 3 is 2.42 bits per heavy atom. The minimum absolute atomic E-state index is 0.0340. The van der Waals surface area contributed by atoms with Gasteiger partial charge >= 0.3 is 5.97 Å². The molecular formula is C19H19N3O4. The van der Waals surface area contributed by atoms with Gasteiger partial charge in [0.1, 0.15) is 5.69 Å². The topological polar surface area (TPSA) is 99.6 Å². The lowest BCUT2D eigenvalue weighted by atomic mass is 10.1. The first-order valence-corrected chi connectivity index (χ1v) is 8.44. The Labute approximate surface area is 150 Å². The summed E-state index contributed by atoms with van der Waals surface area (Å²) >= 11 is 0. The number of amides is 2. The molecule has 26 heavy (non-hydrogen) atoms. The van der Waals surface area contributed by atoms with Crippen LogP contribution in [0.15, 0.2) is 42.6 Å². The monoisotopic (exact) mass is 353 g/mol. The van der Waals surface area contributed by atoms with Crippen LogP contribution in [0.25, 0.3) is 0 Å². The zero-order chi connectivity index (χ0) is 18.5. The summed E-state index contributed by atoms with van der Waals surface area (Å²) < 4.78 is 0. The number of carbonyl (C=O) groups is 3. The second-order valence-electron chi connectivity index (χ2n) is 6.13. The van der Waals surface area contributed by atoms with Gasteiger partial charge in [0, 0.05) is 30.5 Å². The number of anilines is 1. The number of nitrogens with one attached hydrogen (secondary N) is 1. The number of carboxylic acid groups (broad SMARTS) is 1. The molecule has 7 heteroatoms. The maximum absolute atomic E-state index is 12.6. The number of piperidine rings is 1. The Morgan fingerprint density at radius 2 is 1.77 bits per heavy atom. The molecule has 0 unspecified atom stereocenters. The minimum atomic E-state index is -1.15. The summed E-state index contributed by atoms with van der Waals surface area (Å²) in [5.74, 6) is -1.61. The van der Waals surface area contributed by atoms with E-state index >= 15 is 0 Å². The van der Waals surface area contributed by atoms with Crippen LogP contribution in [0.4, 0.5) is 5.69 Å². The predicted octanol–water partition coefficient (Wildman–Crippen LogP) is 2.66. The summed E-state index contributed by atoms with van der Waals surface area (Å²) in [5, 5.41) is 11.5. The van der Waals surface area contributed by atoms with Gasteiger partial charge in [-0.05, 0) is 49.6 Å². The molecule has 134 valence electrons. The molecule has 0 atom stereocenters. The third-order valence-electron chi connectivity index (χ3n) is 4.26. The lowest BCUT2D eigenvalue weighted by molar-refractivity contribution is 0.0688. The molecule has 1 aliphatic rings. The van der Waals surface area contributed by atoms with E-state index in [1.165, 1.54) is 18.3 Å². The van der Waals surface area contributed by atoms with Gasteiger partial charge in [0.15, 0.2) is 0 Å². The van der Waals surface area contributed by atoms with Crippen LogP contribution in [0.3, 0.4) is 0 Å². The van der Waals surface area contributed by atoms with Gasteiger partial charge in [-0.15, -0.1) is 0 Å².